The summed E-state index contributed by atoms with van der Waals surface area (Å²) in [5.74, 6) is -0.00441. The number of ketones is 1. The van der Waals surface area contributed by atoms with Crippen LogP contribution in [0, 0.1) is 13.8 Å². The molecule has 4 nitrogen and oxygen atoms in total. The van der Waals surface area contributed by atoms with Gasteiger partial charge in [0.1, 0.15) is 0 Å². The summed E-state index contributed by atoms with van der Waals surface area (Å²) < 4.78 is 0. The highest BCUT2D eigenvalue weighted by Crippen LogP contribution is 2.18. The minimum atomic E-state index is -0.0334. The number of anilines is 2. The van der Waals surface area contributed by atoms with E-state index in [9.17, 15) is 9.59 Å². The van der Waals surface area contributed by atoms with Gasteiger partial charge < -0.3 is 10.6 Å². The lowest BCUT2D eigenvalue weighted by atomic mass is 10.1. The average molecular weight is 310 g/mol. The van der Waals surface area contributed by atoms with Crippen LogP contribution in [0.4, 0.5) is 11.4 Å². The first kappa shape index (κ1) is 16.7. The molecule has 0 bridgehead atoms. The highest BCUT2D eigenvalue weighted by atomic mass is 16.1. The van der Waals surface area contributed by atoms with Gasteiger partial charge >= 0.3 is 0 Å². The van der Waals surface area contributed by atoms with Crippen molar-refractivity contribution in [2.24, 2.45) is 0 Å². The van der Waals surface area contributed by atoms with E-state index in [1.807, 2.05) is 44.2 Å². The van der Waals surface area contributed by atoms with Gasteiger partial charge in [0, 0.05) is 29.9 Å². The van der Waals surface area contributed by atoms with Gasteiger partial charge in [0.2, 0.25) is 5.91 Å². The highest BCUT2D eigenvalue weighted by molar-refractivity contribution is 5.95. The van der Waals surface area contributed by atoms with Gasteiger partial charge in [-0.05, 0) is 50.1 Å². The zero-order valence-electron chi connectivity index (χ0n) is 13.8. The number of hydrogen-bond donors (Lipinski definition) is 2. The Morgan fingerprint density at radius 2 is 1.78 bits per heavy atom. The number of rotatable bonds is 6. The van der Waals surface area contributed by atoms with E-state index in [2.05, 4.69) is 10.6 Å². The molecule has 0 radical (unpaired) electrons. The van der Waals surface area contributed by atoms with Crippen LogP contribution in [0.2, 0.25) is 0 Å². The molecule has 2 aromatic carbocycles. The number of hydrogen-bond acceptors (Lipinski definition) is 3. The Balaban J connectivity index is 1.86. The molecule has 0 spiro atoms. The summed E-state index contributed by atoms with van der Waals surface area (Å²) in [5, 5.41) is 6.10. The van der Waals surface area contributed by atoms with E-state index in [-0.39, 0.29) is 11.7 Å². The number of carbonyl (C=O) groups excluding carboxylic acids is 2. The molecule has 120 valence electrons. The van der Waals surface area contributed by atoms with Crippen molar-refractivity contribution in [3.63, 3.8) is 0 Å². The molecule has 23 heavy (non-hydrogen) atoms. The highest BCUT2D eigenvalue weighted by Gasteiger charge is 2.06. The number of amides is 1. The van der Waals surface area contributed by atoms with Gasteiger partial charge in [-0.3, -0.25) is 9.59 Å². The first-order valence-electron chi connectivity index (χ1n) is 7.68. The minimum absolute atomic E-state index is 0.0290. The SMILES string of the molecule is CC(=O)c1cccc(NCCC(=O)Nc2cccc(C)c2C)c1. The number of carbonyl (C=O) groups is 2. The van der Waals surface area contributed by atoms with Crippen molar-refractivity contribution in [3.05, 3.63) is 59.2 Å². The second-order valence-corrected chi connectivity index (χ2v) is 5.61. The summed E-state index contributed by atoms with van der Waals surface area (Å²) in [6, 6.07) is 13.2. The molecule has 0 atom stereocenters. The van der Waals surface area contributed by atoms with E-state index in [4.69, 9.17) is 0 Å². The van der Waals surface area contributed by atoms with Crippen LogP contribution in [-0.4, -0.2) is 18.2 Å². The summed E-state index contributed by atoms with van der Waals surface area (Å²) >= 11 is 0. The molecule has 2 aromatic rings. The van der Waals surface area contributed by atoms with E-state index >= 15 is 0 Å². The third kappa shape index (κ3) is 4.68. The van der Waals surface area contributed by atoms with E-state index in [1.165, 1.54) is 6.92 Å². The molecule has 0 unspecified atom stereocenters. The Bertz CT molecular complexity index is 723. The van der Waals surface area contributed by atoms with Gasteiger partial charge in [-0.1, -0.05) is 24.3 Å². The number of Topliss-reactive ketones (excluding diaryl/α,β-unsaturated/α-hetero) is 1. The van der Waals surface area contributed by atoms with E-state index in [1.54, 1.807) is 12.1 Å². The van der Waals surface area contributed by atoms with Crippen LogP contribution in [0.3, 0.4) is 0 Å². The lowest BCUT2D eigenvalue weighted by molar-refractivity contribution is -0.115. The predicted octanol–water partition coefficient (Wildman–Crippen LogP) is 3.95. The zero-order chi connectivity index (χ0) is 16.8. The van der Waals surface area contributed by atoms with Crippen molar-refractivity contribution in [2.45, 2.75) is 27.2 Å². The van der Waals surface area contributed by atoms with Crippen LogP contribution in [-0.2, 0) is 4.79 Å². The Morgan fingerprint density at radius 1 is 1.04 bits per heavy atom. The predicted molar refractivity (Wildman–Crippen MR) is 94.1 cm³/mol. The molecule has 4 heteroatoms. The molecule has 1 amide bonds. The summed E-state index contributed by atoms with van der Waals surface area (Å²) in [7, 11) is 0. The third-order valence-electron chi connectivity index (χ3n) is 3.83. The van der Waals surface area contributed by atoms with Crippen LogP contribution in [0.15, 0.2) is 42.5 Å². The van der Waals surface area contributed by atoms with Crippen molar-refractivity contribution < 1.29 is 9.59 Å². The summed E-state index contributed by atoms with van der Waals surface area (Å²) in [4.78, 5) is 23.4. The Labute approximate surface area is 136 Å². The van der Waals surface area contributed by atoms with Crippen LogP contribution >= 0.6 is 0 Å². The molecule has 0 aliphatic heterocycles. The summed E-state index contributed by atoms with van der Waals surface area (Å²) in [6.45, 7) is 6.07. The van der Waals surface area contributed by atoms with E-state index in [0.717, 1.165) is 22.5 Å². The van der Waals surface area contributed by atoms with Gasteiger partial charge in [0.15, 0.2) is 5.78 Å². The molecule has 2 N–H and O–H groups in total. The zero-order valence-corrected chi connectivity index (χ0v) is 13.8. The van der Waals surface area contributed by atoms with Gasteiger partial charge in [-0.15, -0.1) is 0 Å². The van der Waals surface area contributed by atoms with Crippen LogP contribution in [0.5, 0.6) is 0 Å². The molecule has 0 saturated heterocycles. The van der Waals surface area contributed by atoms with Crippen LogP contribution < -0.4 is 10.6 Å². The fourth-order valence-corrected chi connectivity index (χ4v) is 2.27. The standard InChI is InChI=1S/C19H22N2O2/c1-13-6-4-9-18(14(13)2)21-19(23)10-11-20-17-8-5-7-16(12-17)15(3)22/h4-9,12,20H,10-11H2,1-3H3,(H,21,23). The first-order chi connectivity index (χ1) is 11.0. The Kier molecular flexibility index (Phi) is 5.52. The smallest absolute Gasteiger partial charge is 0.226 e. The molecular formula is C19H22N2O2. The first-order valence-corrected chi connectivity index (χ1v) is 7.68. The summed E-state index contributed by atoms with van der Waals surface area (Å²) in [5.41, 5.74) is 4.60. The lowest BCUT2D eigenvalue weighted by Crippen LogP contribution is -2.17. The largest absolute Gasteiger partial charge is 0.385 e. The molecular weight excluding hydrogens is 288 g/mol. The fourth-order valence-electron chi connectivity index (χ4n) is 2.27. The van der Waals surface area contributed by atoms with Crippen molar-refractivity contribution >= 4 is 23.1 Å². The second kappa shape index (κ2) is 7.58. The molecule has 0 saturated carbocycles. The van der Waals surface area contributed by atoms with Crippen molar-refractivity contribution in [2.75, 3.05) is 17.2 Å². The number of nitrogens with one attached hydrogen (secondary N) is 2. The Hall–Kier alpha value is -2.62. The average Bonchev–Trinajstić information content (AvgIpc) is 2.52. The quantitative estimate of drug-likeness (QED) is 0.794. The van der Waals surface area contributed by atoms with Gasteiger partial charge in [0.25, 0.3) is 0 Å². The maximum absolute atomic E-state index is 12.0. The van der Waals surface area contributed by atoms with Crippen LogP contribution in [0.1, 0.15) is 34.8 Å². The summed E-state index contributed by atoms with van der Waals surface area (Å²) in [6.07, 6.45) is 0.359. The second-order valence-electron chi connectivity index (χ2n) is 5.61. The molecule has 0 heterocycles. The molecule has 0 aliphatic carbocycles. The third-order valence-corrected chi connectivity index (χ3v) is 3.83. The molecule has 0 aliphatic rings. The maximum Gasteiger partial charge on any atom is 0.226 e. The molecule has 2 rings (SSSR count). The van der Waals surface area contributed by atoms with Crippen LogP contribution in [0.25, 0.3) is 0 Å². The number of benzene rings is 2. The molecule has 0 fully saturated rings. The Morgan fingerprint density at radius 3 is 2.52 bits per heavy atom. The number of aryl methyl sites for hydroxylation is 1. The molecule has 0 aromatic heterocycles. The van der Waals surface area contributed by atoms with Crippen molar-refractivity contribution in [3.8, 4) is 0 Å². The fraction of sp³-hybridized carbons (Fsp3) is 0.263. The van der Waals surface area contributed by atoms with Crippen molar-refractivity contribution in [1.82, 2.24) is 0 Å². The monoisotopic (exact) mass is 310 g/mol. The maximum atomic E-state index is 12.0. The minimum Gasteiger partial charge on any atom is -0.385 e. The normalized spacial score (nSPS) is 10.2. The van der Waals surface area contributed by atoms with E-state index in [0.29, 0.717) is 18.5 Å². The van der Waals surface area contributed by atoms with Gasteiger partial charge in [0.05, 0.1) is 0 Å². The van der Waals surface area contributed by atoms with Gasteiger partial charge in [-0.2, -0.15) is 0 Å². The van der Waals surface area contributed by atoms with Gasteiger partial charge in [-0.25, -0.2) is 0 Å². The van der Waals surface area contributed by atoms with E-state index < -0.39 is 0 Å². The van der Waals surface area contributed by atoms with Crippen molar-refractivity contribution in [1.29, 1.82) is 0 Å². The lowest BCUT2D eigenvalue weighted by Gasteiger charge is -2.11. The topological polar surface area (TPSA) is 58.2 Å².